The van der Waals surface area contributed by atoms with Crippen LogP contribution in [0.1, 0.15) is 10.6 Å². The molecule has 0 aliphatic rings. The largest absolute Gasteiger partial charge is 0.268 e. The summed E-state index contributed by atoms with van der Waals surface area (Å²) in [6, 6.07) is 3.52. The number of hydrogen-bond donors (Lipinski definition) is 0. The van der Waals surface area contributed by atoms with E-state index in [4.69, 9.17) is 0 Å². The molecule has 0 N–H and O–H groups in total. The molecule has 0 spiro atoms. The van der Waals surface area contributed by atoms with E-state index in [1.54, 1.807) is 19.1 Å². The fraction of sp³-hybridized carbons (Fsp3) is 0.273. The van der Waals surface area contributed by atoms with Crippen molar-refractivity contribution < 1.29 is 8.42 Å². The molecule has 0 aliphatic heterocycles. The van der Waals surface area contributed by atoms with Crippen molar-refractivity contribution in [2.24, 2.45) is 0 Å². The lowest BCUT2D eigenvalue weighted by Gasteiger charge is -2.18. The van der Waals surface area contributed by atoms with Gasteiger partial charge in [0.25, 0.3) is 10.0 Å². The number of nitrogens with zero attached hydrogens (tertiary/aromatic N) is 3. The van der Waals surface area contributed by atoms with Gasteiger partial charge in [-0.15, -0.1) is 10.2 Å². The predicted molar refractivity (Wildman–Crippen MR) is 86.8 cm³/mol. The molecule has 0 radical (unpaired) electrons. The van der Waals surface area contributed by atoms with E-state index in [1.807, 2.05) is 6.92 Å². The summed E-state index contributed by atoms with van der Waals surface area (Å²) < 4.78 is 27.6. The van der Waals surface area contributed by atoms with Gasteiger partial charge in [-0.05, 0) is 63.4 Å². The van der Waals surface area contributed by atoms with Crippen LogP contribution in [0.25, 0.3) is 0 Å². The maximum absolute atomic E-state index is 12.7. The fourth-order valence-electron chi connectivity index (χ4n) is 1.59. The van der Waals surface area contributed by atoms with Gasteiger partial charge in [0.1, 0.15) is 9.90 Å². The van der Waals surface area contributed by atoms with Gasteiger partial charge in [-0.1, -0.05) is 11.3 Å². The quantitative estimate of drug-likeness (QED) is 0.732. The molecule has 9 heteroatoms. The Balaban J connectivity index is 2.56. The van der Waals surface area contributed by atoms with Crippen LogP contribution in [0, 0.1) is 13.8 Å². The molecule has 0 aliphatic carbocycles. The summed E-state index contributed by atoms with van der Waals surface area (Å²) in [5.74, 6) is 0. The minimum atomic E-state index is -3.71. The minimum Gasteiger partial charge on any atom is -0.243 e. The zero-order valence-corrected chi connectivity index (χ0v) is 15.7. The van der Waals surface area contributed by atoms with Crippen molar-refractivity contribution >= 4 is 58.4 Å². The maximum Gasteiger partial charge on any atom is 0.268 e. The summed E-state index contributed by atoms with van der Waals surface area (Å²) >= 11 is 7.85. The lowest BCUT2D eigenvalue weighted by molar-refractivity contribution is 0.593. The molecular formula is C11H11Br2N3O2S2. The topological polar surface area (TPSA) is 63.2 Å². The first-order valence-electron chi connectivity index (χ1n) is 5.48. The van der Waals surface area contributed by atoms with E-state index in [2.05, 4.69) is 42.1 Å². The highest BCUT2D eigenvalue weighted by Gasteiger charge is 2.28. The SMILES string of the molecule is Cc1cc(Br)c(S(=O)(=O)N(C)c2nnc(C)s2)c(Br)c1. The van der Waals surface area contributed by atoms with E-state index in [-0.39, 0.29) is 4.90 Å². The molecule has 0 amide bonds. The second-order valence-electron chi connectivity index (χ2n) is 4.13. The van der Waals surface area contributed by atoms with Gasteiger partial charge in [0.2, 0.25) is 5.13 Å². The molecule has 0 bridgehead atoms. The second-order valence-corrected chi connectivity index (χ2v) is 8.91. The molecular weight excluding hydrogens is 430 g/mol. The van der Waals surface area contributed by atoms with Crippen molar-refractivity contribution in [3.8, 4) is 0 Å². The van der Waals surface area contributed by atoms with Gasteiger partial charge in [0.15, 0.2) is 0 Å². The van der Waals surface area contributed by atoms with Crippen molar-refractivity contribution in [3.63, 3.8) is 0 Å². The van der Waals surface area contributed by atoms with Crippen molar-refractivity contribution in [2.75, 3.05) is 11.4 Å². The molecule has 2 aromatic rings. The van der Waals surface area contributed by atoms with E-state index in [0.29, 0.717) is 19.1 Å². The molecule has 1 aromatic heterocycles. The Hall–Kier alpha value is -0.510. The first kappa shape index (κ1) is 15.9. The Bertz CT molecular complexity index is 736. The van der Waals surface area contributed by atoms with Crippen LogP contribution in [0.3, 0.4) is 0 Å². The molecule has 5 nitrogen and oxygen atoms in total. The Morgan fingerprint density at radius 1 is 1.15 bits per heavy atom. The maximum atomic E-state index is 12.7. The Labute approximate surface area is 138 Å². The Morgan fingerprint density at radius 3 is 2.15 bits per heavy atom. The van der Waals surface area contributed by atoms with Crippen LogP contribution >= 0.6 is 43.2 Å². The zero-order chi connectivity index (χ0) is 15.1. The van der Waals surface area contributed by atoms with Crippen LogP contribution in [-0.4, -0.2) is 25.7 Å². The molecule has 0 saturated heterocycles. The molecule has 2 rings (SSSR count). The van der Waals surface area contributed by atoms with Crippen molar-refractivity contribution in [1.29, 1.82) is 0 Å². The third kappa shape index (κ3) is 2.90. The van der Waals surface area contributed by atoms with Crippen LogP contribution in [0.15, 0.2) is 26.0 Å². The molecule has 0 unspecified atom stereocenters. The summed E-state index contributed by atoms with van der Waals surface area (Å²) in [6.07, 6.45) is 0. The van der Waals surface area contributed by atoms with Crippen LogP contribution in [0.2, 0.25) is 0 Å². The highest BCUT2D eigenvalue weighted by Crippen LogP contribution is 2.35. The number of aryl methyl sites for hydroxylation is 2. The van der Waals surface area contributed by atoms with Gasteiger partial charge < -0.3 is 0 Å². The van der Waals surface area contributed by atoms with Gasteiger partial charge in [0, 0.05) is 16.0 Å². The van der Waals surface area contributed by atoms with E-state index in [1.165, 1.54) is 18.4 Å². The molecule has 1 heterocycles. The summed E-state index contributed by atoms with van der Waals surface area (Å²) in [4.78, 5) is 0.179. The highest BCUT2D eigenvalue weighted by atomic mass is 79.9. The minimum absolute atomic E-state index is 0.179. The van der Waals surface area contributed by atoms with Crippen LogP contribution in [0.4, 0.5) is 5.13 Å². The van der Waals surface area contributed by atoms with E-state index in [9.17, 15) is 8.42 Å². The first-order chi connectivity index (χ1) is 9.23. The zero-order valence-electron chi connectivity index (χ0n) is 10.9. The normalized spacial score (nSPS) is 11.7. The number of sulfonamides is 1. The number of aromatic nitrogens is 2. The van der Waals surface area contributed by atoms with E-state index in [0.717, 1.165) is 9.87 Å². The second kappa shape index (κ2) is 5.70. The third-order valence-corrected chi connectivity index (χ3v) is 7.20. The van der Waals surface area contributed by atoms with Crippen molar-refractivity contribution in [1.82, 2.24) is 10.2 Å². The van der Waals surface area contributed by atoms with Crippen LogP contribution in [0.5, 0.6) is 0 Å². The summed E-state index contributed by atoms with van der Waals surface area (Å²) in [7, 11) is -2.24. The van der Waals surface area contributed by atoms with Crippen molar-refractivity contribution in [2.45, 2.75) is 18.7 Å². The molecule has 0 fully saturated rings. The van der Waals surface area contributed by atoms with E-state index < -0.39 is 10.0 Å². The number of rotatable bonds is 3. The Kier molecular flexibility index (Phi) is 4.53. The number of anilines is 1. The molecule has 0 saturated carbocycles. The molecule has 20 heavy (non-hydrogen) atoms. The monoisotopic (exact) mass is 439 g/mol. The molecule has 1 aromatic carbocycles. The number of hydrogen-bond acceptors (Lipinski definition) is 5. The summed E-state index contributed by atoms with van der Waals surface area (Å²) in [6.45, 7) is 3.67. The lowest BCUT2D eigenvalue weighted by atomic mass is 10.2. The summed E-state index contributed by atoms with van der Waals surface area (Å²) in [5, 5.41) is 8.76. The van der Waals surface area contributed by atoms with Crippen molar-refractivity contribution in [3.05, 3.63) is 31.6 Å². The Morgan fingerprint density at radius 2 is 1.70 bits per heavy atom. The van der Waals surface area contributed by atoms with Gasteiger partial charge in [-0.25, -0.2) is 12.7 Å². The fourth-order valence-corrected chi connectivity index (χ4v) is 6.32. The lowest BCUT2D eigenvalue weighted by Crippen LogP contribution is -2.27. The summed E-state index contributed by atoms with van der Waals surface area (Å²) in [5.41, 5.74) is 0.956. The van der Waals surface area contributed by atoms with Gasteiger partial charge in [-0.2, -0.15) is 0 Å². The smallest absolute Gasteiger partial charge is 0.243 e. The first-order valence-corrected chi connectivity index (χ1v) is 9.32. The number of halogens is 2. The van der Waals surface area contributed by atoms with Crippen LogP contribution < -0.4 is 4.31 Å². The van der Waals surface area contributed by atoms with Gasteiger partial charge >= 0.3 is 0 Å². The third-order valence-electron chi connectivity index (χ3n) is 2.55. The average molecular weight is 441 g/mol. The van der Waals surface area contributed by atoms with Crippen LogP contribution in [-0.2, 0) is 10.0 Å². The van der Waals surface area contributed by atoms with Gasteiger partial charge in [0.05, 0.1) is 0 Å². The molecule has 108 valence electrons. The van der Waals surface area contributed by atoms with Gasteiger partial charge in [-0.3, -0.25) is 0 Å². The van der Waals surface area contributed by atoms with E-state index >= 15 is 0 Å². The predicted octanol–water partition coefficient (Wildman–Crippen LogP) is 3.51. The average Bonchev–Trinajstić information content (AvgIpc) is 2.72. The number of benzene rings is 1. The standard InChI is InChI=1S/C11H11Br2N3O2S2/c1-6-4-8(12)10(9(13)5-6)20(17,18)16(3)11-15-14-7(2)19-11/h4-5H,1-3H3. The molecule has 0 atom stereocenters. The highest BCUT2D eigenvalue weighted by molar-refractivity contribution is 9.11.